The summed E-state index contributed by atoms with van der Waals surface area (Å²) >= 11 is 1.81. The van der Waals surface area contributed by atoms with Gasteiger partial charge in [0.1, 0.15) is 0 Å². The lowest BCUT2D eigenvalue weighted by Crippen LogP contribution is -2.00. The molecular weight excluding hydrogens is 691 g/mol. The topological polar surface area (TPSA) is 64.5 Å². The van der Waals surface area contributed by atoms with Crippen LogP contribution in [0.25, 0.3) is 99.4 Å². The quantitative estimate of drug-likeness (QED) is 0.164. The first-order valence-electron chi connectivity index (χ1n) is 18.2. The van der Waals surface area contributed by atoms with Gasteiger partial charge in [-0.1, -0.05) is 152 Å². The summed E-state index contributed by atoms with van der Waals surface area (Å²) in [6.45, 7) is 0. The monoisotopic (exact) mass is 721 g/mol. The van der Waals surface area contributed by atoms with E-state index in [1.807, 2.05) is 90.2 Å². The fourth-order valence-electron chi connectivity index (χ4n) is 6.95. The van der Waals surface area contributed by atoms with Crippen LogP contribution in [0.15, 0.2) is 188 Å². The summed E-state index contributed by atoms with van der Waals surface area (Å²) in [7, 11) is 0. The van der Waals surface area contributed by atoms with Crippen LogP contribution >= 0.6 is 11.3 Å². The Hall–Kier alpha value is -7.15. The summed E-state index contributed by atoms with van der Waals surface area (Å²) in [5.74, 6) is 2.61. The van der Waals surface area contributed by atoms with Crippen molar-refractivity contribution in [1.29, 1.82) is 0 Å². The summed E-state index contributed by atoms with van der Waals surface area (Å²) in [5, 5.41) is 2.48. The maximum absolute atomic E-state index is 5.20. The number of benzene rings is 7. The second-order valence-corrected chi connectivity index (χ2v) is 14.4. The number of hydrogen-bond donors (Lipinski definition) is 0. The number of rotatable bonds is 7. The first kappa shape index (κ1) is 32.5. The van der Waals surface area contributed by atoms with E-state index >= 15 is 0 Å². The van der Waals surface area contributed by atoms with Crippen LogP contribution in [-0.2, 0) is 0 Å². The van der Waals surface area contributed by atoms with Crippen molar-refractivity contribution in [3.8, 4) is 79.2 Å². The zero-order valence-corrected chi connectivity index (χ0v) is 30.4. The molecule has 0 aliphatic rings. The normalized spacial score (nSPS) is 11.3. The highest BCUT2D eigenvalue weighted by Gasteiger charge is 2.15. The molecule has 5 nitrogen and oxygen atoms in total. The molecule has 0 spiro atoms. The van der Waals surface area contributed by atoms with Gasteiger partial charge in [0.05, 0.1) is 11.4 Å². The molecule has 0 atom stereocenters. The minimum Gasteiger partial charge on any atom is -0.228 e. The van der Waals surface area contributed by atoms with E-state index in [0.29, 0.717) is 23.3 Å². The molecule has 0 bridgehead atoms. The molecule has 0 saturated heterocycles. The lowest BCUT2D eigenvalue weighted by Gasteiger charge is -2.11. The van der Waals surface area contributed by atoms with Crippen LogP contribution in [0.1, 0.15) is 0 Å². The Bertz CT molecular complexity index is 2900. The molecule has 6 heteroatoms. The third-order valence-corrected chi connectivity index (χ3v) is 10.9. The van der Waals surface area contributed by atoms with E-state index in [1.165, 1.54) is 20.2 Å². The molecule has 0 fully saturated rings. The molecule has 0 aliphatic carbocycles. The molecule has 0 unspecified atom stereocenters. The lowest BCUT2D eigenvalue weighted by atomic mass is 9.99. The number of hydrogen-bond acceptors (Lipinski definition) is 6. The smallest absolute Gasteiger partial charge is 0.164 e. The van der Waals surface area contributed by atoms with E-state index in [9.17, 15) is 0 Å². The van der Waals surface area contributed by atoms with Crippen LogP contribution in [0.2, 0.25) is 0 Å². The van der Waals surface area contributed by atoms with E-state index in [2.05, 4.69) is 109 Å². The van der Waals surface area contributed by atoms with E-state index < -0.39 is 0 Å². The molecule has 0 aliphatic heterocycles. The van der Waals surface area contributed by atoms with Crippen LogP contribution in [0.5, 0.6) is 0 Å². The van der Waals surface area contributed by atoms with E-state index in [1.54, 1.807) is 0 Å². The predicted octanol–water partition coefficient (Wildman–Crippen LogP) is 12.7. The maximum Gasteiger partial charge on any atom is 0.164 e. The summed E-state index contributed by atoms with van der Waals surface area (Å²) in [6, 6.07) is 64.6. The van der Waals surface area contributed by atoms with Gasteiger partial charge < -0.3 is 0 Å². The summed E-state index contributed by atoms with van der Waals surface area (Å²) in [5.41, 5.74) is 9.78. The zero-order valence-electron chi connectivity index (χ0n) is 29.5. The van der Waals surface area contributed by atoms with Crippen molar-refractivity contribution >= 4 is 31.5 Å². The summed E-state index contributed by atoms with van der Waals surface area (Å²) in [6.07, 6.45) is 0. The molecule has 3 heterocycles. The van der Waals surface area contributed by atoms with Gasteiger partial charge in [-0.2, -0.15) is 0 Å². The second kappa shape index (κ2) is 14.0. The molecule has 0 saturated carbocycles. The fourth-order valence-corrected chi connectivity index (χ4v) is 8.04. The molecule has 0 N–H and O–H groups in total. The van der Waals surface area contributed by atoms with E-state index in [-0.39, 0.29) is 0 Å². The van der Waals surface area contributed by atoms with Crippen molar-refractivity contribution in [2.75, 3.05) is 0 Å². The lowest BCUT2D eigenvalue weighted by molar-refractivity contribution is 1.07. The number of nitrogens with zero attached hydrogens (tertiary/aromatic N) is 5. The second-order valence-electron chi connectivity index (χ2n) is 13.3. The highest BCUT2D eigenvalue weighted by molar-refractivity contribution is 7.25. The largest absolute Gasteiger partial charge is 0.228 e. The Morgan fingerprint density at radius 2 is 0.709 bits per heavy atom. The minimum absolute atomic E-state index is 0.628. The molecule has 258 valence electrons. The first-order valence-corrected chi connectivity index (χ1v) is 19.0. The van der Waals surface area contributed by atoms with Crippen molar-refractivity contribution in [3.05, 3.63) is 188 Å². The van der Waals surface area contributed by atoms with Crippen LogP contribution in [0, 0.1) is 0 Å². The van der Waals surface area contributed by atoms with Gasteiger partial charge in [0.15, 0.2) is 23.3 Å². The van der Waals surface area contributed by atoms with Gasteiger partial charge in [-0.15, -0.1) is 11.3 Å². The predicted molar refractivity (Wildman–Crippen MR) is 226 cm³/mol. The van der Waals surface area contributed by atoms with Gasteiger partial charge in [-0.3, -0.25) is 0 Å². The van der Waals surface area contributed by atoms with Gasteiger partial charge in [0.25, 0.3) is 0 Å². The Kier molecular flexibility index (Phi) is 8.28. The molecule has 7 aromatic carbocycles. The van der Waals surface area contributed by atoms with Gasteiger partial charge in [0, 0.05) is 53.6 Å². The fraction of sp³-hybridized carbons (Fsp3) is 0. The van der Waals surface area contributed by atoms with Crippen molar-refractivity contribution in [3.63, 3.8) is 0 Å². The van der Waals surface area contributed by atoms with Gasteiger partial charge >= 0.3 is 0 Å². The molecule has 55 heavy (non-hydrogen) atoms. The van der Waals surface area contributed by atoms with Gasteiger partial charge in [-0.05, 0) is 47.5 Å². The SMILES string of the molecule is c1ccc(-c2cc(-c3cccc(-c4ccc(-c5nc(-c6ccccc6)nc(-c6ccccc6)n5)cc4)c3)nc(-c3ccc4sc5ccccc5c4c3)n2)cc1. The Labute approximate surface area is 322 Å². The molecular formula is C49H31N5S. The molecule has 0 amide bonds. The van der Waals surface area contributed by atoms with Crippen molar-refractivity contribution in [2.24, 2.45) is 0 Å². The average Bonchev–Trinajstić information content (AvgIpc) is 3.65. The summed E-state index contributed by atoms with van der Waals surface area (Å²) < 4.78 is 2.54. The number of thiophene rings is 1. The first-order chi connectivity index (χ1) is 27.2. The van der Waals surface area contributed by atoms with Crippen molar-refractivity contribution in [1.82, 2.24) is 24.9 Å². The van der Waals surface area contributed by atoms with Crippen LogP contribution in [-0.4, -0.2) is 24.9 Å². The standard InChI is InChI=1S/C49H31N5S/c1-4-13-33(14-5-1)42-31-43(51-49(50-42)39-27-28-45-41(30-39)40-21-10-11-22-44(40)55-45)38-20-12-19-37(29-38)32-23-25-36(26-24-32)48-53-46(34-15-6-2-7-16-34)52-47(54-48)35-17-8-3-9-18-35/h1-31H. The Morgan fingerprint density at radius 1 is 0.255 bits per heavy atom. The van der Waals surface area contributed by atoms with Gasteiger partial charge in [0.2, 0.25) is 0 Å². The number of aromatic nitrogens is 5. The highest BCUT2D eigenvalue weighted by atomic mass is 32.1. The molecule has 10 rings (SSSR count). The number of fused-ring (bicyclic) bond motifs is 3. The van der Waals surface area contributed by atoms with Crippen LogP contribution in [0.4, 0.5) is 0 Å². The molecule has 3 aromatic heterocycles. The molecule has 0 radical (unpaired) electrons. The maximum atomic E-state index is 5.20. The van der Waals surface area contributed by atoms with Gasteiger partial charge in [-0.25, -0.2) is 24.9 Å². The van der Waals surface area contributed by atoms with E-state index in [4.69, 9.17) is 24.9 Å². The summed E-state index contributed by atoms with van der Waals surface area (Å²) in [4.78, 5) is 25.0. The van der Waals surface area contributed by atoms with Crippen LogP contribution < -0.4 is 0 Å². The van der Waals surface area contributed by atoms with Crippen molar-refractivity contribution < 1.29 is 0 Å². The highest BCUT2D eigenvalue weighted by Crippen LogP contribution is 2.37. The third-order valence-electron chi connectivity index (χ3n) is 9.76. The average molecular weight is 722 g/mol. The third kappa shape index (κ3) is 6.45. The Morgan fingerprint density at radius 3 is 1.36 bits per heavy atom. The van der Waals surface area contributed by atoms with Crippen LogP contribution in [0.3, 0.4) is 0 Å². The Balaban J connectivity index is 1.03. The minimum atomic E-state index is 0.628. The molecule has 10 aromatic rings. The van der Waals surface area contributed by atoms with E-state index in [0.717, 1.165) is 55.9 Å². The zero-order chi connectivity index (χ0) is 36.6. The van der Waals surface area contributed by atoms with Crippen molar-refractivity contribution in [2.45, 2.75) is 0 Å².